The minimum atomic E-state index is -0.157. The predicted octanol–water partition coefficient (Wildman–Crippen LogP) is 2.18. The van der Waals surface area contributed by atoms with Gasteiger partial charge in [0.15, 0.2) is 0 Å². The van der Waals surface area contributed by atoms with Gasteiger partial charge in [-0.1, -0.05) is 23.8 Å². The van der Waals surface area contributed by atoms with Gasteiger partial charge in [-0.3, -0.25) is 4.79 Å². The maximum absolute atomic E-state index is 12.2. The molecule has 0 unspecified atom stereocenters. The molecule has 18 heavy (non-hydrogen) atoms. The van der Waals surface area contributed by atoms with Gasteiger partial charge < -0.3 is 15.7 Å². The van der Waals surface area contributed by atoms with E-state index in [1.165, 1.54) is 18.2 Å². The number of aromatic hydroxyl groups is 1. The van der Waals surface area contributed by atoms with E-state index >= 15 is 0 Å². The highest BCUT2D eigenvalue weighted by molar-refractivity contribution is 7.80. The van der Waals surface area contributed by atoms with Crippen molar-refractivity contribution < 1.29 is 9.90 Å². The van der Waals surface area contributed by atoms with Crippen LogP contribution in [0.1, 0.15) is 23.7 Å². The number of nitrogens with two attached hydrogens (primary N) is 1. The molecule has 0 aromatic heterocycles. The Labute approximate surface area is 116 Å². The summed E-state index contributed by atoms with van der Waals surface area (Å²) >= 11 is 10.6. The molecule has 4 nitrogen and oxygen atoms in total. The first-order valence-electron chi connectivity index (χ1n) is 5.51. The minimum absolute atomic E-state index is 0.0422. The van der Waals surface area contributed by atoms with E-state index in [4.69, 9.17) is 29.6 Å². The van der Waals surface area contributed by atoms with Gasteiger partial charge in [0.2, 0.25) is 0 Å². The third kappa shape index (κ3) is 3.85. The van der Waals surface area contributed by atoms with Crippen molar-refractivity contribution in [3.8, 4) is 5.75 Å². The average Bonchev–Trinajstić information content (AvgIpc) is 2.32. The molecule has 1 rings (SSSR count). The van der Waals surface area contributed by atoms with Gasteiger partial charge in [0.1, 0.15) is 5.75 Å². The predicted molar refractivity (Wildman–Crippen MR) is 76.1 cm³/mol. The van der Waals surface area contributed by atoms with E-state index in [1.807, 2.05) is 6.92 Å². The number of phenolic OH excluding ortho intramolecular Hbond substituents is 1. The topological polar surface area (TPSA) is 66.6 Å². The average molecular weight is 287 g/mol. The number of halogens is 1. The van der Waals surface area contributed by atoms with Crippen LogP contribution >= 0.6 is 23.8 Å². The maximum Gasteiger partial charge on any atom is 0.253 e. The van der Waals surface area contributed by atoms with Gasteiger partial charge in [-0.15, -0.1) is 0 Å². The summed E-state index contributed by atoms with van der Waals surface area (Å²) in [6.07, 6.45) is 0.487. The number of carbonyl (C=O) groups excluding carboxylic acids is 1. The fourth-order valence-corrected chi connectivity index (χ4v) is 1.74. The summed E-state index contributed by atoms with van der Waals surface area (Å²) in [7, 11) is 0. The quantitative estimate of drug-likeness (QED) is 0.814. The molecule has 1 aromatic rings. The molecule has 0 aliphatic carbocycles. The Bertz CT molecular complexity index is 465. The highest BCUT2D eigenvalue weighted by atomic mass is 35.5. The Morgan fingerprint density at radius 2 is 2.22 bits per heavy atom. The molecule has 0 aliphatic rings. The van der Waals surface area contributed by atoms with Gasteiger partial charge in [0, 0.05) is 25.1 Å². The molecule has 0 saturated heterocycles. The van der Waals surface area contributed by atoms with Crippen molar-refractivity contribution in [3.05, 3.63) is 28.8 Å². The fourth-order valence-electron chi connectivity index (χ4n) is 1.47. The summed E-state index contributed by atoms with van der Waals surface area (Å²) in [6, 6.07) is 4.38. The molecule has 0 heterocycles. The lowest BCUT2D eigenvalue weighted by Crippen LogP contribution is -2.33. The lowest BCUT2D eigenvalue weighted by molar-refractivity contribution is 0.0769. The molecule has 0 spiro atoms. The van der Waals surface area contributed by atoms with Gasteiger partial charge in [0.25, 0.3) is 5.91 Å². The second-order valence-electron chi connectivity index (χ2n) is 3.77. The van der Waals surface area contributed by atoms with Crippen molar-refractivity contribution in [2.45, 2.75) is 13.3 Å². The van der Waals surface area contributed by atoms with E-state index in [0.29, 0.717) is 30.1 Å². The van der Waals surface area contributed by atoms with Crippen LogP contribution < -0.4 is 5.73 Å². The number of hydrogen-bond acceptors (Lipinski definition) is 3. The smallest absolute Gasteiger partial charge is 0.253 e. The van der Waals surface area contributed by atoms with Crippen molar-refractivity contribution in [3.63, 3.8) is 0 Å². The van der Waals surface area contributed by atoms with E-state index < -0.39 is 0 Å². The summed E-state index contributed by atoms with van der Waals surface area (Å²) in [5.41, 5.74) is 5.85. The molecular formula is C12H15ClN2O2S. The number of benzene rings is 1. The van der Waals surface area contributed by atoms with Crippen molar-refractivity contribution in [1.82, 2.24) is 4.90 Å². The highest BCUT2D eigenvalue weighted by Crippen LogP contribution is 2.24. The fraction of sp³-hybridized carbons (Fsp3) is 0.333. The van der Waals surface area contributed by atoms with Crippen molar-refractivity contribution >= 4 is 34.7 Å². The van der Waals surface area contributed by atoms with Crippen LogP contribution in [0.15, 0.2) is 18.2 Å². The molecule has 0 saturated carbocycles. The Kier molecular flexibility index (Phi) is 5.37. The number of amides is 1. The lowest BCUT2D eigenvalue weighted by Gasteiger charge is -2.20. The maximum atomic E-state index is 12.2. The van der Waals surface area contributed by atoms with Gasteiger partial charge in [-0.05, 0) is 25.1 Å². The molecule has 0 radical (unpaired) electrons. The van der Waals surface area contributed by atoms with Crippen LogP contribution in [0, 0.1) is 0 Å². The Hall–Kier alpha value is -1.33. The molecule has 0 bridgehead atoms. The molecule has 3 N–H and O–H groups in total. The highest BCUT2D eigenvalue weighted by Gasteiger charge is 2.15. The molecular weight excluding hydrogens is 272 g/mol. The number of phenols is 1. The molecule has 6 heteroatoms. The first-order valence-corrected chi connectivity index (χ1v) is 6.30. The van der Waals surface area contributed by atoms with E-state index in [2.05, 4.69) is 0 Å². The van der Waals surface area contributed by atoms with E-state index in [0.717, 1.165) is 0 Å². The standard InChI is InChI=1S/C12H15ClN2O2S/c1-2-15(6-5-11(14)18)12(17)8-3-4-10(16)9(13)7-8/h3-4,7,16H,2,5-6H2,1H3,(H2,14,18). The van der Waals surface area contributed by atoms with Crippen molar-refractivity contribution in [2.75, 3.05) is 13.1 Å². The summed E-state index contributed by atoms with van der Waals surface area (Å²) in [5.74, 6) is -0.199. The third-order valence-corrected chi connectivity index (χ3v) is 3.00. The van der Waals surface area contributed by atoms with Crippen LogP contribution in [-0.2, 0) is 0 Å². The monoisotopic (exact) mass is 286 g/mol. The molecule has 0 atom stereocenters. The zero-order valence-corrected chi connectivity index (χ0v) is 11.6. The van der Waals surface area contributed by atoms with E-state index in [1.54, 1.807) is 4.90 Å². The van der Waals surface area contributed by atoms with Crippen LogP contribution in [0.4, 0.5) is 0 Å². The number of nitrogens with zero attached hydrogens (tertiary/aromatic N) is 1. The summed E-state index contributed by atoms with van der Waals surface area (Å²) in [6.45, 7) is 2.91. The van der Waals surface area contributed by atoms with Crippen LogP contribution in [0.2, 0.25) is 5.02 Å². The summed E-state index contributed by atoms with van der Waals surface area (Å²) in [5, 5.41) is 9.47. The van der Waals surface area contributed by atoms with Crippen LogP contribution in [0.3, 0.4) is 0 Å². The van der Waals surface area contributed by atoms with Crippen molar-refractivity contribution in [1.29, 1.82) is 0 Å². The van der Waals surface area contributed by atoms with Crippen LogP contribution in [-0.4, -0.2) is 34.0 Å². The third-order valence-electron chi connectivity index (χ3n) is 2.49. The van der Waals surface area contributed by atoms with Gasteiger partial charge in [0.05, 0.1) is 10.0 Å². The van der Waals surface area contributed by atoms with E-state index in [9.17, 15) is 9.90 Å². The number of thiocarbonyl (C=S) groups is 1. The first-order chi connectivity index (χ1) is 8.45. The lowest BCUT2D eigenvalue weighted by atomic mass is 10.2. The molecule has 0 fully saturated rings. The number of rotatable bonds is 5. The number of hydrogen-bond donors (Lipinski definition) is 2. The second-order valence-corrected chi connectivity index (χ2v) is 4.70. The molecule has 0 aliphatic heterocycles. The SMILES string of the molecule is CCN(CCC(N)=S)C(=O)c1ccc(O)c(Cl)c1. The minimum Gasteiger partial charge on any atom is -0.506 e. The van der Waals surface area contributed by atoms with Crippen molar-refractivity contribution in [2.24, 2.45) is 5.73 Å². The normalized spacial score (nSPS) is 10.1. The van der Waals surface area contributed by atoms with Crippen LogP contribution in [0.25, 0.3) is 0 Å². The molecule has 1 amide bonds. The zero-order valence-electron chi connectivity index (χ0n) is 10.0. The first kappa shape index (κ1) is 14.7. The van der Waals surface area contributed by atoms with Gasteiger partial charge in [-0.2, -0.15) is 0 Å². The Balaban J connectivity index is 2.82. The number of carbonyl (C=O) groups is 1. The summed E-state index contributed by atoms with van der Waals surface area (Å²) in [4.78, 5) is 14.2. The van der Waals surface area contributed by atoms with Gasteiger partial charge in [-0.25, -0.2) is 0 Å². The van der Waals surface area contributed by atoms with E-state index in [-0.39, 0.29) is 16.7 Å². The zero-order chi connectivity index (χ0) is 13.7. The molecule has 98 valence electrons. The Morgan fingerprint density at radius 1 is 1.56 bits per heavy atom. The molecule has 1 aromatic carbocycles. The van der Waals surface area contributed by atoms with Gasteiger partial charge >= 0.3 is 0 Å². The summed E-state index contributed by atoms with van der Waals surface area (Å²) < 4.78 is 0. The Morgan fingerprint density at radius 3 is 2.72 bits per heavy atom. The second kappa shape index (κ2) is 6.56. The van der Waals surface area contributed by atoms with Crippen LogP contribution in [0.5, 0.6) is 5.75 Å². The largest absolute Gasteiger partial charge is 0.506 e.